The Kier molecular flexibility index (Phi) is 5.79. The lowest BCUT2D eigenvalue weighted by Gasteiger charge is -2.18. The van der Waals surface area contributed by atoms with E-state index in [1.807, 2.05) is 23.8 Å². The van der Waals surface area contributed by atoms with Crippen LogP contribution >= 0.6 is 11.6 Å². The number of aromatic amines is 1. The van der Waals surface area contributed by atoms with Crippen molar-refractivity contribution in [2.45, 2.75) is 45.4 Å². The van der Waals surface area contributed by atoms with Crippen molar-refractivity contribution in [2.75, 3.05) is 5.32 Å². The van der Waals surface area contributed by atoms with Gasteiger partial charge < -0.3 is 14.9 Å². The second-order valence-corrected chi connectivity index (χ2v) is 9.77. The van der Waals surface area contributed by atoms with E-state index in [1.54, 1.807) is 23.4 Å². The van der Waals surface area contributed by atoms with Gasteiger partial charge in [-0.25, -0.2) is 14.4 Å². The van der Waals surface area contributed by atoms with Gasteiger partial charge in [0.05, 0.1) is 29.1 Å². The van der Waals surface area contributed by atoms with E-state index in [-0.39, 0.29) is 18.8 Å². The normalized spacial score (nSPS) is 15.7. The van der Waals surface area contributed by atoms with Crippen LogP contribution in [0.4, 0.5) is 10.3 Å². The van der Waals surface area contributed by atoms with Crippen molar-refractivity contribution < 1.29 is 4.39 Å². The minimum absolute atomic E-state index is 0.107. The van der Waals surface area contributed by atoms with Crippen LogP contribution in [-0.4, -0.2) is 41.3 Å². The Bertz CT molecular complexity index is 1600. The van der Waals surface area contributed by atoms with Crippen molar-refractivity contribution >= 4 is 34.3 Å². The Morgan fingerprint density at radius 3 is 2.84 bits per heavy atom. The molecule has 2 atom stereocenters. The Labute approximate surface area is 218 Å². The summed E-state index contributed by atoms with van der Waals surface area (Å²) in [5, 5.41) is 18.2. The van der Waals surface area contributed by atoms with Crippen LogP contribution in [-0.2, 0) is 19.4 Å². The molecule has 3 N–H and O–H groups in total. The van der Waals surface area contributed by atoms with Gasteiger partial charge in [-0.2, -0.15) is 5.10 Å². The summed E-state index contributed by atoms with van der Waals surface area (Å²) in [7, 11) is 0. The number of nitrogens with zero attached hydrogens (tertiary/aromatic N) is 5. The van der Waals surface area contributed by atoms with Crippen molar-refractivity contribution in [3.63, 3.8) is 0 Å². The van der Waals surface area contributed by atoms with Crippen molar-refractivity contribution in [1.29, 1.82) is 5.41 Å². The molecule has 0 aliphatic carbocycles. The van der Waals surface area contributed by atoms with Crippen LogP contribution in [0.3, 0.4) is 0 Å². The topological polar surface area (TPSA) is 100 Å². The number of alkyl halides is 1. The standard InChI is InChI=1S/C27H26ClFN8/c1-3-16-4-6-17(7-5-16)19-11-21(28)20-13-37(35-23(20)15(19)2)25(26(30)34-27-31-8-9-32-27)24-22-10-18(29)12-36(22)14-33-24/h4-9,11,13-14,18,25H,3,10,12H2,1-2H3,(H3,30,31,32,34)/t18-,25?/m1/s1. The maximum Gasteiger partial charge on any atom is 0.205 e. The molecule has 2 aromatic carbocycles. The lowest BCUT2D eigenvalue weighted by Crippen LogP contribution is -2.28. The molecular formula is C27H26ClFN8. The molecule has 4 heterocycles. The maximum atomic E-state index is 14.3. The van der Waals surface area contributed by atoms with E-state index in [4.69, 9.17) is 22.1 Å². The highest BCUT2D eigenvalue weighted by molar-refractivity contribution is 6.36. The van der Waals surface area contributed by atoms with Gasteiger partial charge in [-0.3, -0.25) is 10.1 Å². The van der Waals surface area contributed by atoms with Crippen LogP contribution in [0, 0.1) is 12.3 Å². The van der Waals surface area contributed by atoms with Gasteiger partial charge in [0.2, 0.25) is 5.95 Å². The number of aromatic nitrogens is 6. The number of amidine groups is 1. The summed E-state index contributed by atoms with van der Waals surface area (Å²) >= 11 is 6.79. The minimum atomic E-state index is -0.973. The van der Waals surface area contributed by atoms with E-state index in [9.17, 15) is 4.39 Å². The van der Waals surface area contributed by atoms with Gasteiger partial charge in [0.25, 0.3) is 0 Å². The molecule has 1 aliphatic heterocycles. The third kappa shape index (κ3) is 4.09. The molecule has 0 saturated carbocycles. The van der Waals surface area contributed by atoms with Gasteiger partial charge in [0.1, 0.15) is 12.0 Å². The number of aryl methyl sites for hydroxylation is 2. The molecule has 0 spiro atoms. The summed E-state index contributed by atoms with van der Waals surface area (Å²) in [6.07, 6.45) is 7.00. The fraction of sp³-hybridized carbons (Fsp3) is 0.259. The van der Waals surface area contributed by atoms with Gasteiger partial charge in [0.15, 0.2) is 6.04 Å². The first-order valence-corrected chi connectivity index (χ1v) is 12.6. The Morgan fingerprint density at radius 1 is 1.30 bits per heavy atom. The fourth-order valence-electron chi connectivity index (χ4n) is 5.08. The van der Waals surface area contributed by atoms with Crippen LogP contribution in [0.2, 0.25) is 5.02 Å². The van der Waals surface area contributed by atoms with Crippen LogP contribution in [0.25, 0.3) is 22.0 Å². The number of H-pyrrole nitrogens is 1. The summed E-state index contributed by atoms with van der Waals surface area (Å²) in [5.74, 6) is 0.536. The molecule has 5 aromatic rings. The summed E-state index contributed by atoms with van der Waals surface area (Å²) in [4.78, 5) is 11.7. The number of rotatable bonds is 6. The smallest absolute Gasteiger partial charge is 0.205 e. The molecule has 0 fully saturated rings. The molecule has 1 unspecified atom stereocenters. The summed E-state index contributed by atoms with van der Waals surface area (Å²) in [5.41, 5.74) is 6.43. The highest BCUT2D eigenvalue weighted by Gasteiger charge is 2.33. The van der Waals surface area contributed by atoms with Crippen LogP contribution < -0.4 is 5.32 Å². The zero-order valence-corrected chi connectivity index (χ0v) is 21.2. The van der Waals surface area contributed by atoms with Gasteiger partial charge in [-0.15, -0.1) is 0 Å². The van der Waals surface area contributed by atoms with Crippen LogP contribution in [0.15, 0.2) is 55.2 Å². The SMILES string of the molecule is CCc1ccc(-c2cc(Cl)c3cn(C(C(=N)Nc4ncc[nH]4)c4ncn5c4C[C@@H](F)C5)nc3c2C)cc1. The molecule has 1 aliphatic rings. The average Bonchev–Trinajstić information content (AvgIpc) is 3.68. The van der Waals surface area contributed by atoms with E-state index >= 15 is 0 Å². The number of hydrogen-bond donors (Lipinski definition) is 3. The second-order valence-electron chi connectivity index (χ2n) is 9.36. The maximum absolute atomic E-state index is 14.3. The summed E-state index contributed by atoms with van der Waals surface area (Å²) < 4.78 is 17.8. The fourth-order valence-corrected chi connectivity index (χ4v) is 5.33. The summed E-state index contributed by atoms with van der Waals surface area (Å²) in [6, 6.07) is 9.71. The molecule has 0 bridgehead atoms. The van der Waals surface area contributed by atoms with Crippen LogP contribution in [0.1, 0.15) is 35.5 Å². The van der Waals surface area contributed by atoms with Gasteiger partial charge >= 0.3 is 0 Å². The van der Waals surface area contributed by atoms with Crippen molar-refractivity contribution in [1.82, 2.24) is 29.3 Å². The molecule has 3 aromatic heterocycles. The molecule has 6 rings (SSSR count). The first-order chi connectivity index (χ1) is 17.9. The van der Waals surface area contributed by atoms with Gasteiger partial charge in [-0.05, 0) is 41.7 Å². The quantitative estimate of drug-likeness (QED) is 0.198. The molecular weight excluding hydrogens is 491 g/mol. The zero-order chi connectivity index (χ0) is 25.7. The highest BCUT2D eigenvalue weighted by atomic mass is 35.5. The third-order valence-electron chi connectivity index (χ3n) is 7.03. The van der Waals surface area contributed by atoms with E-state index in [2.05, 4.69) is 51.5 Å². The lowest BCUT2D eigenvalue weighted by atomic mass is 9.97. The Morgan fingerprint density at radius 2 is 2.11 bits per heavy atom. The third-order valence-corrected chi connectivity index (χ3v) is 7.34. The molecule has 8 nitrogen and oxygen atoms in total. The molecule has 0 radical (unpaired) electrons. The van der Waals surface area contributed by atoms with Gasteiger partial charge in [0, 0.05) is 36.1 Å². The average molecular weight is 517 g/mol. The largest absolute Gasteiger partial charge is 0.331 e. The number of nitrogens with one attached hydrogen (secondary N) is 3. The van der Waals surface area contributed by atoms with E-state index < -0.39 is 12.2 Å². The molecule has 10 heteroatoms. The predicted molar refractivity (Wildman–Crippen MR) is 143 cm³/mol. The van der Waals surface area contributed by atoms with E-state index in [1.165, 1.54) is 5.56 Å². The second kappa shape index (κ2) is 9.15. The number of halogens is 2. The predicted octanol–water partition coefficient (Wildman–Crippen LogP) is 5.72. The number of hydrogen-bond acceptors (Lipinski definition) is 4. The van der Waals surface area contributed by atoms with E-state index in [0.29, 0.717) is 16.7 Å². The Balaban J connectivity index is 1.47. The molecule has 37 heavy (non-hydrogen) atoms. The lowest BCUT2D eigenvalue weighted by molar-refractivity contribution is 0.328. The summed E-state index contributed by atoms with van der Waals surface area (Å²) in [6.45, 7) is 4.43. The molecule has 188 valence electrons. The van der Waals surface area contributed by atoms with E-state index in [0.717, 1.165) is 39.7 Å². The van der Waals surface area contributed by atoms with Gasteiger partial charge in [-0.1, -0.05) is 42.8 Å². The first kappa shape index (κ1) is 23.4. The number of anilines is 1. The minimum Gasteiger partial charge on any atom is -0.331 e. The van der Waals surface area contributed by atoms with Crippen molar-refractivity contribution in [3.05, 3.63) is 82.8 Å². The Hall–Kier alpha value is -3.98. The highest BCUT2D eigenvalue weighted by Crippen LogP contribution is 2.36. The number of benzene rings is 2. The number of fused-ring (bicyclic) bond motifs is 2. The van der Waals surface area contributed by atoms with Crippen molar-refractivity contribution in [2.24, 2.45) is 0 Å². The van der Waals surface area contributed by atoms with Crippen molar-refractivity contribution in [3.8, 4) is 11.1 Å². The monoisotopic (exact) mass is 516 g/mol. The molecule has 0 saturated heterocycles. The number of imidazole rings is 2. The zero-order valence-electron chi connectivity index (χ0n) is 20.5. The first-order valence-electron chi connectivity index (χ1n) is 12.2. The molecule has 0 amide bonds. The van der Waals surface area contributed by atoms with Crippen LogP contribution in [0.5, 0.6) is 0 Å².